The van der Waals surface area contributed by atoms with Crippen molar-refractivity contribution >= 4 is 9.84 Å². The zero-order valence-corrected chi connectivity index (χ0v) is 11.1. The van der Waals surface area contributed by atoms with Gasteiger partial charge in [-0.3, -0.25) is 0 Å². The molecule has 1 fully saturated rings. The van der Waals surface area contributed by atoms with Gasteiger partial charge in [0.2, 0.25) is 0 Å². The van der Waals surface area contributed by atoms with Crippen molar-refractivity contribution in [2.24, 2.45) is 0 Å². The summed E-state index contributed by atoms with van der Waals surface area (Å²) in [5, 5.41) is 2.86. The second-order valence-electron chi connectivity index (χ2n) is 4.68. The Bertz CT molecular complexity index is 496. The second-order valence-corrected chi connectivity index (χ2v) is 6.81. The van der Waals surface area contributed by atoms with Crippen molar-refractivity contribution in [2.75, 3.05) is 7.05 Å². The van der Waals surface area contributed by atoms with Gasteiger partial charge in [0.15, 0.2) is 9.84 Å². The molecule has 1 aromatic rings. The van der Waals surface area contributed by atoms with Crippen molar-refractivity contribution in [3.8, 4) is 0 Å². The van der Waals surface area contributed by atoms with Gasteiger partial charge in [-0.25, -0.2) is 8.42 Å². The van der Waals surface area contributed by atoms with E-state index in [1.807, 2.05) is 26.1 Å². The van der Waals surface area contributed by atoms with E-state index in [-0.39, 0.29) is 11.3 Å². The summed E-state index contributed by atoms with van der Waals surface area (Å²) in [5.41, 5.74) is 0.842. The van der Waals surface area contributed by atoms with Crippen molar-refractivity contribution in [3.05, 3.63) is 29.8 Å². The minimum atomic E-state index is -3.19. The van der Waals surface area contributed by atoms with Crippen LogP contribution in [0.25, 0.3) is 0 Å². The van der Waals surface area contributed by atoms with Crippen LogP contribution in [0, 0.1) is 6.92 Å². The molecule has 2 atom stereocenters. The second kappa shape index (κ2) is 4.78. The number of benzene rings is 1. The highest BCUT2D eigenvalue weighted by molar-refractivity contribution is 7.92. The van der Waals surface area contributed by atoms with Crippen molar-refractivity contribution in [1.29, 1.82) is 0 Å². The summed E-state index contributed by atoms with van der Waals surface area (Å²) < 4.78 is 25.2. The molecule has 0 heterocycles. The van der Waals surface area contributed by atoms with Crippen molar-refractivity contribution in [2.45, 2.75) is 42.4 Å². The van der Waals surface area contributed by atoms with Gasteiger partial charge in [-0.05, 0) is 38.4 Å². The van der Waals surface area contributed by atoms with E-state index in [4.69, 9.17) is 0 Å². The monoisotopic (exact) mass is 253 g/mol. The molecule has 0 amide bonds. The first kappa shape index (κ1) is 12.6. The van der Waals surface area contributed by atoms with Gasteiger partial charge in [0, 0.05) is 6.04 Å². The first-order chi connectivity index (χ1) is 8.07. The molecule has 0 aromatic heterocycles. The number of hydrogen-bond donors (Lipinski definition) is 1. The Morgan fingerprint density at radius 1 is 1.24 bits per heavy atom. The van der Waals surface area contributed by atoms with Crippen LogP contribution in [0.1, 0.15) is 24.8 Å². The average Bonchev–Trinajstić information content (AvgIpc) is 2.78. The SMILES string of the molecule is CNC1CCCC1S(=O)(=O)c1ccccc1C. The molecule has 1 aliphatic rings. The summed E-state index contributed by atoms with van der Waals surface area (Å²) >= 11 is 0. The third kappa shape index (κ3) is 2.24. The minimum Gasteiger partial charge on any atom is -0.316 e. The van der Waals surface area contributed by atoms with Gasteiger partial charge >= 0.3 is 0 Å². The number of rotatable bonds is 3. The molecule has 4 heteroatoms. The Balaban J connectivity index is 2.40. The van der Waals surface area contributed by atoms with Gasteiger partial charge in [-0.1, -0.05) is 24.6 Å². The van der Waals surface area contributed by atoms with Crippen LogP contribution in [0.2, 0.25) is 0 Å². The van der Waals surface area contributed by atoms with Crippen molar-refractivity contribution < 1.29 is 8.42 Å². The van der Waals surface area contributed by atoms with E-state index in [0.29, 0.717) is 4.90 Å². The number of aryl methyl sites for hydroxylation is 1. The lowest BCUT2D eigenvalue weighted by molar-refractivity contribution is 0.537. The molecule has 2 rings (SSSR count). The van der Waals surface area contributed by atoms with Crippen molar-refractivity contribution in [3.63, 3.8) is 0 Å². The molecular formula is C13H19NO2S. The fourth-order valence-corrected chi connectivity index (χ4v) is 4.96. The van der Waals surface area contributed by atoms with Gasteiger partial charge in [-0.15, -0.1) is 0 Å². The molecule has 0 spiro atoms. The maximum atomic E-state index is 12.6. The van der Waals surface area contributed by atoms with E-state index in [1.165, 1.54) is 0 Å². The molecule has 0 saturated heterocycles. The van der Waals surface area contributed by atoms with E-state index < -0.39 is 9.84 Å². The predicted octanol–water partition coefficient (Wildman–Crippen LogP) is 1.91. The fraction of sp³-hybridized carbons (Fsp3) is 0.538. The molecule has 0 aliphatic heterocycles. The summed E-state index contributed by atoms with van der Waals surface area (Å²) in [5.74, 6) is 0. The van der Waals surface area contributed by atoms with E-state index in [2.05, 4.69) is 5.32 Å². The Labute approximate surface area is 103 Å². The zero-order valence-electron chi connectivity index (χ0n) is 10.3. The highest BCUT2D eigenvalue weighted by atomic mass is 32.2. The van der Waals surface area contributed by atoms with Gasteiger partial charge in [0.25, 0.3) is 0 Å². The van der Waals surface area contributed by atoms with Crippen LogP contribution in [-0.4, -0.2) is 26.8 Å². The zero-order chi connectivity index (χ0) is 12.5. The maximum Gasteiger partial charge on any atom is 0.183 e. The molecule has 2 unspecified atom stereocenters. The summed E-state index contributed by atoms with van der Waals surface area (Å²) in [6.07, 6.45) is 2.70. The molecule has 1 saturated carbocycles. The summed E-state index contributed by atoms with van der Waals surface area (Å²) in [6.45, 7) is 1.86. The molecule has 1 aliphatic carbocycles. The minimum absolute atomic E-state index is 0.0969. The Hall–Kier alpha value is -0.870. The van der Waals surface area contributed by atoms with E-state index in [9.17, 15) is 8.42 Å². The van der Waals surface area contributed by atoms with E-state index in [1.54, 1.807) is 12.1 Å². The average molecular weight is 253 g/mol. The number of hydrogen-bond acceptors (Lipinski definition) is 3. The van der Waals surface area contributed by atoms with Crippen LogP contribution in [0.3, 0.4) is 0 Å². The quantitative estimate of drug-likeness (QED) is 0.895. The van der Waals surface area contributed by atoms with Crippen LogP contribution < -0.4 is 5.32 Å². The molecule has 0 bridgehead atoms. The van der Waals surface area contributed by atoms with Crippen LogP contribution in [0.15, 0.2) is 29.2 Å². The maximum absolute atomic E-state index is 12.6. The standard InChI is InChI=1S/C13H19NO2S/c1-10-6-3-4-8-12(10)17(15,16)13-9-5-7-11(13)14-2/h3-4,6,8,11,13-14H,5,7,9H2,1-2H3. The molecule has 3 nitrogen and oxygen atoms in total. The Morgan fingerprint density at radius 3 is 2.59 bits per heavy atom. The van der Waals surface area contributed by atoms with E-state index >= 15 is 0 Å². The number of nitrogens with one attached hydrogen (secondary N) is 1. The third-order valence-corrected chi connectivity index (χ3v) is 6.05. The largest absolute Gasteiger partial charge is 0.316 e. The van der Waals surface area contributed by atoms with Gasteiger partial charge < -0.3 is 5.32 Å². The van der Waals surface area contributed by atoms with Crippen molar-refractivity contribution in [1.82, 2.24) is 5.32 Å². The fourth-order valence-electron chi connectivity index (χ4n) is 2.67. The van der Waals surface area contributed by atoms with Gasteiger partial charge in [-0.2, -0.15) is 0 Å². The van der Waals surface area contributed by atoms with Gasteiger partial charge in [0.1, 0.15) is 0 Å². The lowest BCUT2D eigenvalue weighted by Crippen LogP contribution is -2.38. The topological polar surface area (TPSA) is 46.2 Å². The molecule has 1 N–H and O–H groups in total. The van der Waals surface area contributed by atoms with Crippen LogP contribution in [0.4, 0.5) is 0 Å². The van der Waals surface area contributed by atoms with Crippen LogP contribution in [0.5, 0.6) is 0 Å². The summed E-state index contributed by atoms with van der Waals surface area (Å²) in [7, 11) is -1.35. The highest BCUT2D eigenvalue weighted by Crippen LogP contribution is 2.31. The third-order valence-electron chi connectivity index (χ3n) is 3.62. The molecule has 1 aromatic carbocycles. The summed E-state index contributed by atoms with van der Waals surface area (Å²) in [4.78, 5) is 0.493. The van der Waals surface area contributed by atoms with E-state index in [0.717, 1.165) is 24.8 Å². The Kier molecular flexibility index (Phi) is 3.54. The molecule has 94 valence electrons. The predicted molar refractivity (Wildman–Crippen MR) is 68.9 cm³/mol. The first-order valence-corrected chi connectivity index (χ1v) is 7.59. The van der Waals surface area contributed by atoms with Gasteiger partial charge in [0.05, 0.1) is 10.1 Å². The lowest BCUT2D eigenvalue weighted by atomic mass is 10.2. The van der Waals surface area contributed by atoms with Crippen LogP contribution in [-0.2, 0) is 9.84 Å². The highest BCUT2D eigenvalue weighted by Gasteiger charge is 2.37. The molecular weight excluding hydrogens is 234 g/mol. The summed E-state index contributed by atoms with van der Waals surface area (Å²) in [6, 6.07) is 7.34. The Morgan fingerprint density at radius 2 is 1.94 bits per heavy atom. The molecule has 0 radical (unpaired) electrons. The smallest absolute Gasteiger partial charge is 0.183 e. The number of sulfone groups is 1. The first-order valence-electron chi connectivity index (χ1n) is 6.04. The lowest BCUT2D eigenvalue weighted by Gasteiger charge is -2.20. The molecule has 17 heavy (non-hydrogen) atoms. The normalized spacial score (nSPS) is 25.1. The van der Waals surface area contributed by atoms with Crippen LogP contribution >= 0.6 is 0 Å².